The number of carbonyl (C=O) groups excluding carboxylic acids is 1. The molecule has 0 radical (unpaired) electrons. The molecule has 0 fully saturated rings. The lowest BCUT2D eigenvalue weighted by Crippen LogP contribution is -2.27. The Bertz CT molecular complexity index is 782. The molecule has 0 amide bonds. The Kier molecular flexibility index (Phi) is 5.86. The first-order valence-electron chi connectivity index (χ1n) is 6.71. The number of pyridine rings is 1. The molecule has 2 aromatic rings. The number of likely N-dealkylation sites (N-methyl/N-ethyl adjacent to an activating group) is 1. The second-order valence-electron chi connectivity index (χ2n) is 4.69. The summed E-state index contributed by atoms with van der Waals surface area (Å²) in [6.07, 6.45) is 0. The number of benzene rings is 1. The molecule has 4 nitrogen and oxygen atoms in total. The van der Waals surface area contributed by atoms with Crippen LogP contribution in [0, 0.1) is 11.8 Å². The summed E-state index contributed by atoms with van der Waals surface area (Å²) < 4.78 is 4.64. The van der Waals surface area contributed by atoms with E-state index in [0.717, 1.165) is 0 Å². The number of ether oxygens (including phenoxy) is 1. The third-order valence-corrected chi connectivity index (χ3v) is 3.52. The van der Waals surface area contributed by atoms with Gasteiger partial charge in [0.2, 0.25) is 0 Å². The van der Waals surface area contributed by atoms with Gasteiger partial charge >= 0.3 is 5.97 Å². The SMILES string of the molecule is COC(=O)CN(C)c1cccc(C#Cc2ccc(Cl)cc2Cl)n1. The summed E-state index contributed by atoms with van der Waals surface area (Å²) in [6.45, 7) is 0.114. The van der Waals surface area contributed by atoms with Gasteiger partial charge in [0.25, 0.3) is 0 Å². The number of anilines is 1. The monoisotopic (exact) mass is 348 g/mol. The lowest BCUT2D eigenvalue weighted by molar-refractivity contribution is -0.138. The number of rotatable bonds is 3. The smallest absolute Gasteiger partial charge is 0.325 e. The van der Waals surface area contributed by atoms with Crippen molar-refractivity contribution in [3.8, 4) is 11.8 Å². The molecule has 0 aliphatic heterocycles. The summed E-state index contributed by atoms with van der Waals surface area (Å²) >= 11 is 11.9. The van der Waals surface area contributed by atoms with Crippen molar-refractivity contribution in [2.45, 2.75) is 0 Å². The molecule has 0 aliphatic rings. The van der Waals surface area contributed by atoms with Crippen LogP contribution in [0.25, 0.3) is 0 Å². The Morgan fingerprint density at radius 1 is 1.26 bits per heavy atom. The molecule has 0 spiro atoms. The summed E-state index contributed by atoms with van der Waals surface area (Å²) in [5, 5.41) is 1.05. The van der Waals surface area contributed by atoms with Crippen molar-refractivity contribution in [2.24, 2.45) is 0 Å². The van der Waals surface area contributed by atoms with Gasteiger partial charge in [-0.1, -0.05) is 35.2 Å². The number of hydrogen-bond acceptors (Lipinski definition) is 4. The van der Waals surface area contributed by atoms with E-state index < -0.39 is 0 Å². The number of methoxy groups -OCH3 is 1. The van der Waals surface area contributed by atoms with Crippen LogP contribution in [0.4, 0.5) is 5.82 Å². The summed E-state index contributed by atoms with van der Waals surface area (Å²) in [5.74, 6) is 6.21. The molecule has 2 rings (SSSR count). The van der Waals surface area contributed by atoms with E-state index in [0.29, 0.717) is 27.1 Å². The van der Waals surface area contributed by atoms with Crippen molar-refractivity contribution < 1.29 is 9.53 Å². The van der Waals surface area contributed by atoms with E-state index in [-0.39, 0.29) is 12.5 Å². The molecule has 0 saturated heterocycles. The number of aromatic nitrogens is 1. The molecule has 1 aromatic heterocycles. The maximum Gasteiger partial charge on any atom is 0.325 e. The fraction of sp³-hybridized carbons (Fsp3) is 0.176. The van der Waals surface area contributed by atoms with Crippen molar-refractivity contribution >= 4 is 35.0 Å². The summed E-state index contributed by atoms with van der Waals surface area (Å²) in [7, 11) is 3.11. The zero-order chi connectivity index (χ0) is 16.8. The van der Waals surface area contributed by atoms with Crippen molar-refractivity contribution in [2.75, 3.05) is 25.6 Å². The van der Waals surface area contributed by atoms with E-state index in [2.05, 4.69) is 21.6 Å². The lowest BCUT2D eigenvalue weighted by Gasteiger charge is -2.16. The van der Waals surface area contributed by atoms with Crippen LogP contribution in [0.15, 0.2) is 36.4 Å². The number of hydrogen-bond donors (Lipinski definition) is 0. The Labute approximate surface area is 145 Å². The number of esters is 1. The van der Waals surface area contributed by atoms with E-state index in [4.69, 9.17) is 23.2 Å². The predicted molar refractivity (Wildman–Crippen MR) is 92.0 cm³/mol. The lowest BCUT2D eigenvalue weighted by atomic mass is 10.2. The maximum absolute atomic E-state index is 11.3. The predicted octanol–water partition coefficient (Wildman–Crippen LogP) is 3.40. The molecular formula is C17H14Cl2N2O2. The first-order chi connectivity index (χ1) is 11.0. The average molecular weight is 349 g/mol. The highest BCUT2D eigenvalue weighted by molar-refractivity contribution is 6.35. The van der Waals surface area contributed by atoms with E-state index in [1.807, 2.05) is 6.07 Å². The molecule has 118 valence electrons. The molecule has 0 aliphatic carbocycles. The van der Waals surface area contributed by atoms with Crippen LogP contribution >= 0.6 is 23.2 Å². The number of carbonyl (C=O) groups is 1. The Hall–Kier alpha value is -2.22. The minimum absolute atomic E-state index is 0.114. The number of nitrogens with zero attached hydrogens (tertiary/aromatic N) is 2. The Balaban J connectivity index is 2.21. The normalized spacial score (nSPS) is 9.74. The minimum Gasteiger partial charge on any atom is -0.468 e. The largest absolute Gasteiger partial charge is 0.468 e. The maximum atomic E-state index is 11.3. The quantitative estimate of drug-likeness (QED) is 0.629. The van der Waals surface area contributed by atoms with Gasteiger partial charge in [-0.25, -0.2) is 4.98 Å². The molecule has 23 heavy (non-hydrogen) atoms. The van der Waals surface area contributed by atoms with Crippen LogP contribution in [0.5, 0.6) is 0 Å². The third kappa shape index (κ3) is 4.88. The molecule has 0 saturated carbocycles. The summed E-state index contributed by atoms with van der Waals surface area (Å²) in [5.41, 5.74) is 1.25. The molecular weight excluding hydrogens is 335 g/mol. The molecule has 6 heteroatoms. The van der Waals surface area contributed by atoms with Gasteiger partial charge in [0.15, 0.2) is 0 Å². The van der Waals surface area contributed by atoms with E-state index in [1.54, 1.807) is 42.3 Å². The van der Waals surface area contributed by atoms with Crippen molar-refractivity contribution in [1.82, 2.24) is 4.98 Å². The van der Waals surface area contributed by atoms with Crippen LogP contribution in [-0.4, -0.2) is 31.7 Å². The molecule has 0 unspecified atom stereocenters. The van der Waals surface area contributed by atoms with Gasteiger partial charge in [0.1, 0.15) is 18.1 Å². The average Bonchev–Trinajstić information content (AvgIpc) is 2.54. The highest BCUT2D eigenvalue weighted by Gasteiger charge is 2.08. The first-order valence-corrected chi connectivity index (χ1v) is 7.47. The van der Waals surface area contributed by atoms with Gasteiger partial charge in [0, 0.05) is 17.6 Å². The number of halogens is 2. The highest BCUT2D eigenvalue weighted by atomic mass is 35.5. The van der Waals surface area contributed by atoms with Crippen LogP contribution in [0.1, 0.15) is 11.3 Å². The fourth-order valence-electron chi connectivity index (χ4n) is 1.77. The van der Waals surface area contributed by atoms with Crippen LogP contribution in [-0.2, 0) is 9.53 Å². The Morgan fingerprint density at radius 3 is 2.74 bits per heavy atom. The molecule has 1 aromatic carbocycles. The van der Waals surface area contributed by atoms with Crippen molar-refractivity contribution in [1.29, 1.82) is 0 Å². The Morgan fingerprint density at radius 2 is 2.04 bits per heavy atom. The van der Waals surface area contributed by atoms with E-state index in [1.165, 1.54) is 7.11 Å². The molecule has 0 bridgehead atoms. The zero-order valence-corrected chi connectivity index (χ0v) is 14.1. The van der Waals surface area contributed by atoms with Gasteiger partial charge in [-0.2, -0.15) is 0 Å². The second kappa shape index (κ2) is 7.87. The van der Waals surface area contributed by atoms with Crippen LogP contribution in [0.2, 0.25) is 10.0 Å². The van der Waals surface area contributed by atoms with Gasteiger partial charge in [0.05, 0.1) is 12.1 Å². The second-order valence-corrected chi connectivity index (χ2v) is 5.53. The van der Waals surface area contributed by atoms with Crippen LogP contribution in [0.3, 0.4) is 0 Å². The fourth-order valence-corrected chi connectivity index (χ4v) is 2.22. The van der Waals surface area contributed by atoms with E-state index in [9.17, 15) is 4.79 Å². The third-order valence-electron chi connectivity index (χ3n) is 2.98. The highest BCUT2D eigenvalue weighted by Crippen LogP contribution is 2.20. The van der Waals surface area contributed by atoms with Gasteiger partial charge < -0.3 is 9.64 Å². The van der Waals surface area contributed by atoms with Gasteiger partial charge in [-0.05, 0) is 36.3 Å². The minimum atomic E-state index is -0.335. The van der Waals surface area contributed by atoms with Crippen molar-refractivity contribution in [3.05, 3.63) is 57.7 Å². The van der Waals surface area contributed by atoms with Gasteiger partial charge in [-0.3, -0.25) is 4.79 Å². The van der Waals surface area contributed by atoms with Crippen LogP contribution < -0.4 is 4.90 Å². The molecule has 1 heterocycles. The zero-order valence-electron chi connectivity index (χ0n) is 12.6. The summed E-state index contributed by atoms with van der Waals surface area (Å²) in [4.78, 5) is 17.4. The molecule has 0 atom stereocenters. The van der Waals surface area contributed by atoms with Crippen molar-refractivity contribution in [3.63, 3.8) is 0 Å². The van der Waals surface area contributed by atoms with Gasteiger partial charge in [-0.15, -0.1) is 0 Å². The standard InChI is InChI=1S/C17H14Cl2N2O2/c1-21(11-17(22)23-2)16-5-3-4-14(20-16)9-7-12-6-8-13(18)10-15(12)19/h3-6,8,10H,11H2,1-2H3. The first kappa shape index (κ1) is 17.1. The van der Waals surface area contributed by atoms with E-state index >= 15 is 0 Å². The molecule has 0 N–H and O–H groups in total. The summed E-state index contributed by atoms with van der Waals surface area (Å²) in [6, 6.07) is 10.5. The topological polar surface area (TPSA) is 42.4 Å².